The van der Waals surface area contributed by atoms with Crippen molar-refractivity contribution in [2.45, 2.75) is 45.1 Å². The maximum atomic E-state index is 12.7. The first kappa shape index (κ1) is 20.2. The molecule has 0 saturated carbocycles. The number of pyridine rings is 1. The molecular weight excluding hydrogens is 402 g/mol. The van der Waals surface area contributed by atoms with Gasteiger partial charge in [-0.1, -0.05) is 23.8 Å². The highest BCUT2D eigenvalue weighted by atomic mass is 16.5. The molecule has 1 atom stereocenters. The molecule has 162 valence electrons. The summed E-state index contributed by atoms with van der Waals surface area (Å²) in [4.78, 5) is 28.6. The van der Waals surface area contributed by atoms with Gasteiger partial charge in [0.25, 0.3) is 5.91 Å². The number of aromatic nitrogens is 1. The Hall–Kier alpha value is -3.67. The number of nitrogens with one attached hydrogen (secondary N) is 2. The molecule has 0 spiro atoms. The SMILES string of the molecule is Cc1cccc(C(=O)N[C@@H]2CCc3ccc(Oc4ccnc5c4CCC(=O)N5)cc3C2)c1. The van der Waals surface area contributed by atoms with Crippen LogP contribution in [-0.4, -0.2) is 22.8 Å². The van der Waals surface area contributed by atoms with E-state index in [9.17, 15) is 9.59 Å². The van der Waals surface area contributed by atoms with Crippen LogP contribution in [0.25, 0.3) is 0 Å². The maximum absolute atomic E-state index is 12.7. The van der Waals surface area contributed by atoms with Gasteiger partial charge in [0, 0.05) is 29.8 Å². The summed E-state index contributed by atoms with van der Waals surface area (Å²) in [5.41, 5.74) is 5.18. The van der Waals surface area contributed by atoms with Crippen molar-refractivity contribution in [3.63, 3.8) is 0 Å². The molecule has 2 N–H and O–H groups in total. The first-order valence-electron chi connectivity index (χ1n) is 11.0. The second-order valence-electron chi connectivity index (χ2n) is 8.50. The van der Waals surface area contributed by atoms with Crippen LogP contribution in [0.15, 0.2) is 54.7 Å². The minimum atomic E-state index is -0.0278. The smallest absolute Gasteiger partial charge is 0.251 e. The molecule has 5 rings (SSSR count). The first-order chi connectivity index (χ1) is 15.5. The second-order valence-corrected chi connectivity index (χ2v) is 8.50. The summed E-state index contributed by atoms with van der Waals surface area (Å²) in [6.07, 6.45) is 5.31. The van der Waals surface area contributed by atoms with Gasteiger partial charge in [-0.05, 0) is 74.1 Å². The zero-order chi connectivity index (χ0) is 22.1. The quantitative estimate of drug-likeness (QED) is 0.649. The molecule has 0 radical (unpaired) electrons. The minimum Gasteiger partial charge on any atom is -0.457 e. The Morgan fingerprint density at radius 3 is 2.88 bits per heavy atom. The molecule has 6 heteroatoms. The molecule has 2 aromatic carbocycles. The number of benzene rings is 2. The van der Waals surface area contributed by atoms with Crippen LogP contribution in [0, 0.1) is 6.92 Å². The van der Waals surface area contributed by atoms with Gasteiger partial charge in [-0.15, -0.1) is 0 Å². The molecule has 6 nitrogen and oxygen atoms in total. The number of fused-ring (bicyclic) bond motifs is 2. The fraction of sp³-hybridized carbons (Fsp3) is 0.269. The van der Waals surface area contributed by atoms with Crippen LogP contribution in [0.5, 0.6) is 11.5 Å². The highest BCUT2D eigenvalue weighted by Crippen LogP contribution is 2.34. The Bertz CT molecular complexity index is 1200. The van der Waals surface area contributed by atoms with Gasteiger partial charge in [-0.3, -0.25) is 9.59 Å². The van der Waals surface area contributed by atoms with E-state index in [1.807, 2.05) is 43.3 Å². The molecule has 2 amide bonds. The highest BCUT2D eigenvalue weighted by Gasteiger charge is 2.23. The number of anilines is 1. The van der Waals surface area contributed by atoms with Gasteiger partial charge >= 0.3 is 0 Å². The summed E-state index contributed by atoms with van der Waals surface area (Å²) >= 11 is 0. The first-order valence-corrected chi connectivity index (χ1v) is 11.0. The van der Waals surface area contributed by atoms with Gasteiger partial charge in [0.15, 0.2) is 0 Å². The van der Waals surface area contributed by atoms with Crippen molar-refractivity contribution in [3.8, 4) is 11.5 Å². The van der Waals surface area contributed by atoms with Gasteiger partial charge in [0.05, 0.1) is 0 Å². The molecule has 2 heterocycles. The number of rotatable bonds is 4. The van der Waals surface area contributed by atoms with Crippen LogP contribution >= 0.6 is 0 Å². The van der Waals surface area contributed by atoms with E-state index in [1.54, 1.807) is 6.20 Å². The third-order valence-corrected chi connectivity index (χ3v) is 6.12. The molecule has 0 saturated heterocycles. The highest BCUT2D eigenvalue weighted by molar-refractivity contribution is 5.94. The third kappa shape index (κ3) is 4.21. The van der Waals surface area contributed by atoms with Crippen LogP contribution in [-0.2, 0) is 24.1 Å². The summed E-state index contributed by atoms with van der Waals surface area (Å²) < 4.78 is 6.20. The molecule has 2 aliphatic rings. The standard InChI is InChI=1S/C26H25N3O3/c1-16-3-2-4-18(13-16)26(31)28-20-7-5-17-6-8-21(15-19(17)14-20)32-23-11-12-27-25-22(23)9-10-24(30)29-25/h2-4,6,8,11-13,15,20H,5,7,9-10,14H2,1H3,(H,28,31)(H,27,29,30)/t20-/m1/s1. The van der Waals surface area contributed by atoms with Crippen LogP contribution in [0.2, 0.25) is 0 Å². The largest absolute Gasteiger partial charge is 0.457 e. The van der Waals surface area contributed by atoms with Gasteiger partial charge < -0.3 is 15.4 Å². The lowest BCUT2D eigenvalue weighted by Gasteiger charge is -2.26. The molecule has 0 fully saturated rings. The summed E-state index contributed by atoms with van der Waals surface area (Å²) in [5.74, 6) is 2.00. The van der Waals surface area contributed by atoms with Crippen molar-refractivity contribution in [3.05, 3.63) is 82.5 Å². The summed E-state index contributed by atoms with van der Waals surface area (Å²) in [6.45, 7) is 1.99. The van der Waals surface area contributed by atoms with E-state index < -0.39 is 0 Å². The Morgan fingerprint density at radius 2 is 2.00 bits per heavy atom. The van der Waals surface area contributed by atoms with E-state index in [0.29, 0.717) is 24.2 Å². The van der Waals surface area contributed by atoms with Crippen LogP contribution in [0.4, 0.5) is 5.82 Å². The third-order valence-electron chi connectivity index (χ3n) is 6.12. The molecule has 0 unspecified atom stereocenters. The number of nitrogens with zero attached hydrogens (tertiary/aromatic N) is 1. The monoisotopic (exact) mass is 427 g/mol. The number of carbonyl (C=O) groups excluding carboxylic acids is 2. The van der Waals surface area contributed by atoms with E-state index in [-0.39, 0.29) is 17.9 Å². The molecule has 32 heavy (non-hydrogen) atoms. The van der Waals surface area contributed by atoms with Crippen LogP contribution in [0.3, 0.4) is 0 Å². The van der Waals surface area contributed by atoms with Gasteiger partial charge in [-0.25, -0.2) is 4.98 Å². The summed E-state index contributed by atoms with van der Waals surface area (Å²) in [6, 6.07) is 15.7. The predicted molar refractivity (Wildman–Crippen MR) is 122 cm³/mol. The summed E-state index contributed by atoms with van der Waals surface area (Å²) in [5, 5.41) is 6.00. The van der Waals surface area contributed by atoms with E-state index in [0.717, 1.165) is 41.9 Å². The Balaban J connectivity index is 1.31. The van der Waals surface area contributed by atoms with Crippen LogP contribution < -0.4 is 15.4 Å². The van der Waals surface area contributed by atoms with Crippen molar-refractivity contribution in [2.24, 2.45) is 0 Å². The van der Waals surface area contributed by atoms with E-state index in [1.165, 1.54) is 11.1 Å². The maximum Gasteiger partial charge on any atom is 0.251 e. The second kappa shape index (κ2) is 8.46. The Labute approximate surface area is 187 Å². The van der Waals surface area contributed by atoms with E-state index in [4.69, 9.17) is 4.74 Å². The van der Waals surface area contributed by atoms with Gasteiger partial charge in [0.2, 0.25) is 5.91 Å². The van der Waals surface area contributed by atoms with Crippen molar-refractivity contribution in [2.75, 3.05) is 5.32 Å². The fourth-order valence-corrected chi connectivity index (χ4v) is 4.45. The topological polar surface area (TPSA) is 80.3 Å². The number of ether oxygens (including phenoxy) is 1. The molecule has 1 aromatic heterocycles. The van der Waals surface area contributed by atoms with Gasteiger partial charge in [-0.2, -0.15) is 0 Å². The van der Waals surface area contributed by atoms with Crippen molar-refractivity contribution in [1.29, 1.82) is 0 Å². The number of amides is 2. The molecule has 0 bridgehead atoms. The van der Waals surface area contributed by atoms with Crippen molar-refractivity contribution >= 4 is 17.6 Å². The number of hydrogen-bond donors (Lipinski definition) is 2. The summed E-state index contributed by atoms with van der Waals surface area (Å²) in [7, 11) is 0. The normalized spacial score (nSPS) is 17.0. The Kier molecular flexibility index (Phi) is 5.35. The van der Waals surface area contributed by atoms with Crippen LogP contribution in [0.1, 0.15) is 45.5 Å². The lowest BCUT2D eigenvalue weighted by atomic mass is 9.88. The molecule has 3 aromatic rings. The average Bonchev–Trinajstić information content (AvgIpc) is 2.79. The Morgan fingerprint density at radius 1 is 1.09 bits per heavy atom. The van der Waals surface area contributed by atoms with Gasteiger partial charge in [0.1, 0.15) is 17.3 Å². The number of carbonyl (C=O) groups is 2. The fourth-order valence-electron chi connectivity index (χ4n) is 4.45. The zero-order valence-electron chi connectivity index (χ0n) is 18.0. The van der Waals surface area contributed by atoms with E-state index >= 15 is 0 Å². The van der Waals surface area contributed by atoms with Crippen molar-refractivity contribution in [1.82, 2.24) is 10.3 Å². The minimum absolute atomic E-state index is 0.0188. The molecular formula is C26H25N3O3. The zero-order valence-corrected chi connectivity index (χ0v) is 18.0. The molecule has 1 aliphatic carbocycles. The number of hydrogen-bond acceptors (Lipinski definition) is 4. The predicted octanol–water partition coefficient (Wildman–Crippen LogP) is 4.35. The van der Waals surface area contributed by atoms with Crippen molar-refractivity contribution < 1.29 is 14.3 Å². The number of aryl methyl sites for hydroxylation is 2. The lowest BCUT2D eigenvalue weighted by molar-refractivity contribution is -0.116. The van der Waals surface area contributed by atoms with E-state index in [2.05, 4.69) is 27.8 Å². The lowest BCUT2D eigenvalue weighted by Crippen LogP contribution is -2.38. The molecule has 1 aliphatic heterocycles. The average molecular weight is 428 g/mol.